The van der Waals surface area contributed by atoms with E-state index in [1.807, 2.05) is 0 Å². The number of hydrogen-bond acceptors (Lipinski definition) is 2. The molecular formula is C10H17F5O2. The van der Waals surface area contributed by atoms with Crippen LogP contribution in [0.4, 0.5) is 22.0 Å². The Morgan fingerprint density at radius 3 is 1.88 bits per heavy atom. The molecule has 0 aromatic carbocycles. The van der Waals surface area contributed by atoms with Crippen LogP contribution < -0.4 is 0 Å². The normalized spacial score (nSPS) is 16.9. The summed E-state index contributed by atoms with van der Waals surface area (Å²) in [6.07, 6.45) is -6.22. The van der Waals surface area contributed by atoms with Gasteiger partial charge in [0.1, 0.15) is 0 Å². The second kappa shape index (κ2) is 5.95. The first-order valence-electron chi connectivity index (χ1n) is 5.30. The molecule has 0 rings (SSSR count). The molecule has 0 spiro atoms. The standard InChI is InChI=1S/C10H17F5O2/c1-8(17,5-3-2-4-6-16)7-9(11,12)10(13,14)15/h16-17H,2-7H2,1H3. The van der Waals surface area contributed by atoms with Crippen LogP contribution in [0, 0.1) is 0 Å². The molecule has 17 heavy (non-hydrogen) atoms. The van der Waals surface area contributed by atoms with E-state index in [0.29, 0.717) is 19.3 Å². The van der Waals surface area contributed by atoms with Crippen LogP contribution in [0.2, 0.25) is 0 Å². The van der Waals surface area contributed by atoms with E-state index in [0.717, 1.165) is 6.92 Å². The number of aliphatic hydroxyl groups is 2. The van der Waals surface area contributed by atoms with Gasteiger partial charge in [-0.25, -0.2) is 0 Å². The number of halogens is 5. The maximum atomic E-state index is 12.7. The van der Waals surface area contributed by atoms with Crippen LogP contribution in [-0.4, -0.2) is 34.5 Å². The molecule has 0 saturated carbocycles. The molecule has 104 valence electrons. The quantitative estimate of drug-likeness (QED) is 0.548. The summed E-state index contributed by atoms with van der Waals surface area (Å²) in [7, 11) is 0. The summed E-state index contributed by atoms with van der Waals surface area (Å²) < 4.78 is 61.1. The highest BCUT2D eigenvalue weighted by Crippen LogP contribution is 2.42. The molecule has 0 aromatic heterocycles. The Morgan fingerprint density at radius 2 is 1.47 bits per heavy atom. The summed E-state index contributed by atoms with van der Waals surface area (Å²) in [6, 6.07) is 0. The van der Waals surface area contributed by atoms with Crippen molar-refractivity contribution in [2.75, 3.05) is 6.61 Å². The van der Waals surface area contributed by atoms with Gasteiger partial charge < -0.3 is 10.2 Å². The first-order chi connectivity index (χ1) is 7.52. The van der Waals surface area contributed by atoms with E-state index in [1.54, 1.807) is 0 Å². The van der Waals surface area contributed by atoms with Crippen LogP contribution in [0.25, 0.3) is 0 Å². The number of unbranched alkanes of at least 4 members (excludes halogenated alkanes) is 2. The number of alkyl halides is 5. The first-order valence-corrected chi connectivity index (χ1v) is 5.30. The van der Waals surface area contributed by atoms with E-state index >= 15 is 0 Å². The zero-order valence-corrected chi connectivity index (χ0v) is 9.53. The third-order valence-corrected chi connectivity index (χ3v) is 2.39. The first kappa shape index (κ1) is 16.6. The fourth-order valence-corrected chi connectivity index (χ4v) is 1.46. The Hall–Kier alpha value is -0.430. The third-order valence-electron chi connectivity index (χ3n) is 2.39. The molecule has 1 unspecified atom stereocenters. The monoisotopic (exact) mass is 264 g/mol. The third kappa shape index (κ3) is 6.16. The Balaban J connectivity index is 4.24. The molecule has 0 fully saturated rings. The minimum Gasteiger partial charge on any atom is -0.396 e. The summed E-state index contributed by atoms with van der Waals surface area (Å²) in [4.78, 5) is 0. The van der Waals surface area contributed by atoms with E-state index in [4.69, 9.17) is 5.11 Å². The van der Waals surface area contributed by atoms with E-state index in [-0.39, 0.29) is 13.0 Å². The fourth-order valence-electron chi connectivity index (χ4n) is 1.46. The molecule has 7 heteroatoms. The summed E-state index contributed by atoms with van der Waals surface area (Å²) in [5.41, 5.74) is -2.06. The summed E-state index contributed by atoms with van der Waals surface area (Å²) in [6.45, 7) is 0.895. The molecule has 2 N–H and O–H groups in total. The largest absolute Gasteiger partial charge is 0.453 e. The van der Waals surface area contributed by atoms with Gasteiger partial charge in [0.2, 0.25) is 0 Å². The second-order valence-electron chi connectivity index (χ2n) is 4.41. The average Bonchev–Trinajstić information content (AvgIpc) is 2.09. The Bertz CT molecular complexity index is 225. The Morgan fingerprint density at radius 1 is 0.941 bits per heavy atom. The molecule has 0 heterocycles. The van der Waals surface area contributed by atoms with Crippen molar-refractivity contribution in [3.63, 3.8) is 0 Å². The lowest BCUT2D eigenvalue weighted by Gasteiger charge is -2.29. The molecular weight excluding hydrogens is 247 g/mol. The molecule has 2 nitrogen and oxygen atoms in total. The highest BCUT2D eigenvalue weighted by molar-refractivity contribution is 4.86. The molecule has 0 saturated heterocycles. The van der Waals surface area contributed by atoms with Gasteiger partial charge in [0, 0.05) is 13.0 Å². The number of aliphatic hydroxyl groups excluding tert-OH is 1. The summed E-state index contributed by atoms with van der Waals surface area (Å²) in [5, 5.41) is 17.9. The second-order valence-corrected chi connectivity index (χ2v) is 4.41. The molecule has 0 aromatic rings. The number of hydrogen-bond donors (Lipinski definition) is 2. The zero-order chi connectivity index (χ0) is 13.7. The molecule has 0 aliphatic rings. The molecule has 0 aliphatic carbocycles. The van der Waals surface area contributed by atoms with Gasteiger partial charge in [-0.15, -0.1) is 0 Å². The maximum Gasteiger partial charge on any atom is 0.453 e. The molecule has 0 amide bonds. The molecule has 0 aliphatic heterocycles. The van der Waals surface area contributed by atoms with E-state index in [2.05, 4.69) is 0 Å². The Labute approximate surface area is 96.4 Å². The van der Waals surface area contributed by atoms with Crippen LogP contribution >= 0.6 is 0 Å². The minimum atomic E-state index is -5.64. The van der Waals surface area contributed by atoms with Gasteiger partial charge in [0.05, 0.1) is 5.60 Å². The SMILES string of the molecule is CC(O)(CCCCCO)CC(F)(F)C(F)(F)F. The van der Waals surface area contributed by atoms with Gasteiger partial charge in [-0.1, -0.05) is 12.8 Å². The highest BCUT2D eigenvalue weighted by Gasteiger charge is 2.59. The van der Waals surface area contributed by atoms with E-state index in [1.165, 1.54) is 0 Å². The topological polar surface area (TPSA) is 40.5 Å². The van der Waals surface area contributed by atoms with Crippen LogP contribution in [0.15, 0.2) is 0 Å². The van der Waals surface area contributed by atoms with Crippen LogP contribution in [0.5, 0.6) is 0 Å². The maximum absolute atomic E-state index is 12.7. The highest BCUT2D eigenvalue weighted by atomic mass is 19.4. The van der Waals surface area contributed by atoms with Crippen LogP contribution in [0.3, 0.4) is 0 Å². The van der Waals surface area contributed by atoms with Gasteiger partial charge in [-0.3, -0.25) is 0 Å². The van der Waals surface area contributed by atoms with Gasteiger partial charge in [0.25, 0.3) is 0 Å². The van der Waals surface area contributed by atoms with E-state index < -0.39 is 24.1 Å². The lowest BCUT2D eigenvalue weighted by atomic mass is 9.91. The van der Waals surface area contributed by atoms with Crippen molar-refractivity contribution in [2.45, 2.75) is 56.7 Å². The average molecular weight is 264 g/mol. The van der Waals surface area contributed by atoms with Crippen molar-refractivity contribution < 1.29 is 32.2 Å². The smallest absolute Gasteiger partial charge is 0.396 e. The summed E-state index contributed by atoms with van der Waals surface area (Å²) in [5.74, 6) is -4.88. The number of rotatable bonds is 7. The van der Waals surface area contributed by atoms with Gasteiger partial charge in [-0.2, -0.15) is 22.0 Å². The van der Waals surface area contributed by atoms with Gasteiger partial charge >= 0.3 is 12.1 Å². The van der Waals surface area contributed by atoms with Crippen molar-refractivity contribution in [1.29, 1.82) is 0 Å². The Kier molecular flexibility index (Phi) is 5.80. The van der Waals surface area contributed by atoms with Crippen LogP contribution in [-0.2, 0) is 0 Å². The lowest BCUT2D eigenvalue weighted by Crippen LogP contribution is -2.43. The van der Waals surface area contributed by atoms with E-state index in [9.17, 15) is 27.1 Å². The predicted octanol–water partition coefficient (Wildman–Crippen LogP) is 2.88. The van der Waals surface area contributed by atoms with Crippen LogP contribution in [0.1, 0.15) is 39.0 Å². The zero-order valence-electron chi connectivity index (χ0n) is 9.53. The van der Waals surface area contributed by atoms with Crippen molar-refractivity contribution >= 4 is 0 Å². The summed E-state index contributed by atoms with van der Waals surface area (Å²) >= 11 is 0. The lowest BCUT2D eigenvalue weighted by molar-refractivity contribution is -0.296. The van der Waals surface area contributed by atoms with Crippen molar-refractivity contribution in [1.82, 2.24) is 0 Å². The molecule has 0 radical (unpaired) electrons. The van der Waals surface area contributed by atoms with Crippen molar-refractivity contribution in [3.05, 3.63) is 0 Å². The van der Waals surface area contributed by atoms with Crippen molar-refractivity contribution in [2.24, 2.45) is 0 Å². The molecule has 0 bridgehead atoms. The predicted molar refractivity (Wildman–Crippen MR) is 51.8 cm³/mol. The minimum absolute atomic E-state index is 0.0686. The van der Waals surface area contributed by atoms with Gasteiger partial charge in [-0.05, 0) is 19.8 Å². The van der Waals surface area contributed by atoms with Gasteiger partial charge in [0.15, 0.2) is 0 Å². The molecule has 1 atom stereocenters. The van der Waals surface area contributed by atoms with Crippen molar-refractivity contribution in [3.8, 4) is 0 Å². The fraction of sp³-hybridized carbons (Fsp3) is 1.00.